The molecule has 1 aromatic heterocycles. The molecule has 0 unspecified atom stereocenters. The Morgan fingerprint density at radius 2 is 1.88 bits per heavy atom. The zero-order valence-corrected chi connectivity index (χ0v) is 15.0. The molecule has 2 aliphatic rings. The van der Waals surface area contributed by atoms with Gasteiger partial charge in [-0.05, 0) is 55.5 Å². The van der Waals surface area contributed by atoms with Gasteiger partial charge in [-0.1, -0.05) is 24.6 Å². The van der Waals surface area contributed by atoms with Crippen LogP contribution in [0.5, 0.6) is 0 Å². The number of carbonyl (C=O) groups excluding carboxylic acids is 1. The number of hydrogen-bond donors (Lipinski definition) is 0. The maximum Gasteiger partial charge on any atom is 0.225 e. The Morgan fingerprint density at radius 3 is 2.62 bits per heavy atom. The highest BCUT2D eigenvalue weighted by atomic mass is 19.1. The van der Waals surface area contributed by atoms with Gasteiger partial charge in [-0.3, -0.25) is 9.78 Å². The van der Waals surface area contributed by atoms with Crippen molar-refractivity contribution in [3.63, 3.8) is 0 Å². The first-order valence-corrected chi connectivity index (χ1v) is 9.68. The maximum absolute atomic E-state index is 13.1. The van der Waals surface area contributed by atoms with E-state index in [0.29, 0.717) is 18.2 Å². The minimum atomic E-state index is -0.214. The number of halogens is 1. The molecular formula is C22H25FN2O. The van der Waals surface area contributed by atoms with E-state index in [2.05, 4.69) is 11.0 Å². The zero-order chi connectivity index (χ0) is 17.9. The van der Waals surface area contributed by atoms with E-state index < -0.39 is 0 Å². The highest BCUT2D eigenvalue weighted by molar-refractivity contribution is 5.79. The van der Waals surface area contributed by atoms with E-state index in [1.165, 1.54) is 18.6 Å². The Kier molecular flexibility index (Phi) is 5.00. The molecule has 4 heteroatoms. The predicted octanol–water partition coefficient (Wildman–Crippen LogP) is 4.32. The summed E-state index contributed by atoms with van der Waals surface area (Å²) >= 11 is 0. The summed E-state index contributed by atoms with van der Waals surface area (Å²) in [7, 11) is 0. The quantitative estimate of drug-likeness (QED) is 0.821. The van der Waals surface area contributed by atoms with E-state index in [4.69, 9.17) is 4.98 Å². The smallest absolute Gasteiger partial charge is 0.225 e. The van der Waals surface area contributed by atoms with E-state index in [9.17, 15) is 9.18 Å². The van der Waals surface area contributed by atoms with Gasteiger partial charge in [0.15, 0.2) is 0 Å². The van der Waals surface area contributed by atoms with Crippen LogP contribution < -0.4 is 0 Å². The lowest BCUT2D eigenvalue weighted by molar-refractivity contribution is -0.139. The van der Waals surface area contributed by atoms with Crippen molar-refractivity contribution >= 4 is 5.91 Å². The van der Waals surface area contributed by atoms with Gasteiger partial charge in [0.25, 0.3) is 0 Å². The van der Waals surface area contributed by atoms with Crippen LogP contribution in [0.1, 0.15) is 55.0 Å². The molecule has 1 saturated heterocycles. The van der Waals surface area contributed by atoms with Crippen LogP contribution in [0, 0.1) is 11.7 Å². The fraction of sp³-hybridized carbons (Fsp3) is 0.455. The van der Waals surface area contributed by atoms with Gasteiger partial charge in [-0.25, -0.2) is 4.39 Å². The molecule has 1 aliphatic heterocycles. The van der Waals surface area contributed by atoms with Crippen molar-refractivity contribution in [2.75, 3.05) is 13.1 Å². The number of carbonyl (C=O) groups is 1. The number of benzene rings is 1. The Balaban J connectivity index is 1.45. The van der Waals surface area contributed by atoms with Gasteiger partial charge in [0.2, 0.25) is 5.91 Å². The second-order valence-electron chi connectivity index (χ2n) is 7.61. The topological polar surface area (TPSA) is 33.2 Å². The maximum atomic E-state index is 13.1. The molecule has 1 amide bonds. The predicted molar refractivity (Wildman–Crippen MR) is 99.3 cm³/mol. The van der Waals surface area contributed by atoms with Gasteiger partial charge in [-0.15, -0.1) is 0 Å². The molecule has 0 N–H and O–H groups in total. The van der Waals surface area contributed by atoms with E-state index >= 15 is 0 Å². The van der Waals surface area contributed by atoms with Crippen LogP contribution in [0.3, 0.4) is 0 Å². The van der Waals surface area contributed by atoms with Crippen LogP contribution in [0.25, 0.3) is 0 Å². The summed E-state index contributed by atoms with van der Waals surface area (Å²) in [5.41, 5.74) is 3.13. The molecule has 1 saturated carbocycles. The van der Waals surface area contributed by atoms with Crippen molar-refractivity contribution in [3.05, 3.63) is 65.2 Å². The highest BCUT2D eigenvalue weighted by Gasteiger charge is 2.32. The summed E-state index contributed by atoms with van der Waals surface area (Å²) in [4.78, 5) is 19.5. The van der Waals surface area contributed by atoms with E-state index in [-0.39, 0.29) is 11.7 Å². The molecule has 1 atom stereocenters. The van der Waals surface area contributed by atoms with Gasteiger partial charge in [0, 0.05) is 42.7 Å². The fourth-order valence-corrected chi connectivity index (χ4v) is 3.97. The molecular weight excluding hydrogens is 327 g/mol. The fourth-order valence-electron chi connectivity index (χ4n) is 3.97. The Bertz CT molecular complexity index is 770. The minimum absolute atomic E-state index is 0.214. The first-order chi connectivity index (χ1) is 12.7. The van der Waals surface area contributed by atoms with E-state index in [1.54, 1.807) is 0 Å². The van der Waals surface area contributed by atoms with E-state index in [1.807, 2.05) is 24.3 Å². The van der Waals surface area contributed by atoms with Crippen molar-refractivity contribution < 1.29 is 9.18 Å². The largest absolute Gasteiger partial charge is 0.342 e. The number of piperidine rings is 1. The van der Waals surface area contributed by atoms with Gasteiger partial charge in [0.1, 0.15) is 5.82 Å². The third kappa shape index (κ3) is 3.79. The zero-order valence-electron chi connectivity index (χ0n) is 15.0. The Hall–Kier alpha value is -2.23. The van der Waals surface area contributed by atoms with Crippen LogP contribution in [0.2, 0.25) is 0 Å². The number of rotatable bonds is 4. The van der Waals surface area contributed by atoms with Gasteiger partial charge in [0.05, 0.1) is 0 Å². The molecule has 1 aromatic carbocycles. The monoisotopic (exact) mass is 352 g/mol. The lowest BCUT2D eigenvalue weighted by Crippen LogP contribution is -2.44. The first kappa shape index (κ1) is 17.2. The summed E-state index contributed by atoms with van der Waals surface area (Å²) in [5, 5.41) is 0. The molecule has 0 radical (unpaired) electrons. The second kappa shape index (κ2) is 7.56. The Labute approximate surface area is 154 Å². The third-order valence-electron chi connectivity index (χ3n) is 5.73. The van der Waals surface area contributed by atoms with Gasteiger partial charge >= 0.3 is 0 Å². The number of pyridine rings is 1. The van der Waals surface area contributed by atoms with Crippen molar-refractivity contribution in [1.29, 1.82) is 0 Å². The standard InChI is InChI=1S/C22H25FN2O/c23-19-11-9-16(10-12-19)14-20-7-2-8-21(24-20)18-6-3-13-25(15-18)22(26)17-4-1-5-17/h2,7-12,17-18H,1,3-6,13-15H2/t18-/m0/s1. The number of aromatic nitrogens is 1. The third-order valence-corrected chi connectivity index (χ3v) is 5.73. The van der Waals surface area contributed by atoms with Crippen LogP contribution >= 0.6 is 0 Å². The molecule has 3 nitrogen and oxygen atoms in total. The first-order valence-electron chi connectivity index (χ1n) is 9.68. The summed E-state index contributed by atoms with van der Waals surface area (Å²) in [6, 6.07) is 12.7. The minimum Gasteiger partial charge on any atom is -0.342 e. The second-order valence-corrected chi connectivity index (χ2v) is 7.61. The SMILES string of the molecule is O=C(C1CCC1)N1CCC[C@H](c2cccc(Cc3ccc(F)cc3)n2)C1. The molecule has 4 rings (SSSR count). The molecule has 1 aliphatic carbocycles. The van der Waals surface area contributed by atoms with Crippen molar-refractivity contribution in [1.82, 2.24) is 9.88 Å². The number of nitrogens with zero attached hydrogens (tertiary/aromatic N) is 2. The average Bonchev–Trinajstić information content (AvgIpc) is 2.63. The lowest BCUT2D eigenvalue weighted by atomic mass is 9.83. The lowest BCUT2D eigenvalue weighted by Gasteiger charge is -2.37. The summed E-state index contributed by atoms with van der Waals surface area (Å²) < 4.78 is 13.1. The molecule has 2 fully saturated rings. The van der Waals surface area contributed by atoms with Crippen molar-refractivity contribution in [2.24, 2.45) is 5.92 Å². The number of likely N-dealkylation sites (tertiary alicyclic amines) is 1. The van der Waals surface area contributed by atoms with Crippen LogP contribution in [-0.4, -0.2) is 28.9 Å². The summed E-state index contributed by atoms with van der Waals surface area (Å²) in [5.74, 6) is 0.727. The summed E-state index contributed by atoms with van der Waals surface area (Å²) in [6.45, 7) is 1.68. The van der Waals surface area contributed by atoms with Crippen molar-refractivity contribution in [3.8, 4) is 0 Å². The average molecular weight is 352 g/mol. The number of amides is 1. The highest BCUT2D eigenvalue weighted by Crippen LogP contribution is 2.32. The van der Waals surface area contributed by atoms with Crippen molar-refractivity contribution in [2.45, 2.75) is 44.4 Å². The van der Waals surface area contributed by atoms with Gasteiger partial charge in [-0.2, -0.15) is 0 Å². The molecule has 2 aromatic rings. The van der Waals surface area contributed by atoms with Gasteiger partial charge < -0.3 is 4.90 Å². The van der Waals surface area contributed by atoms with Crippen LogP contribution in [-0.2, 0) is 11.2 Å². The molecule has 0 bridgehead atoms. The van der Waals surface area contributed by atoms with Crippen LogP contribution in [0.4, 0.5) is 4.39 Å². The molecule has 136 valence electrons. The molecule has 0 spiro atoms. The Morgan fingerprint density at radius 1 is 1.08 bits per heavy atom. The summed E-state index contributed by atoms with van der Waals surface area (Å²) in [6.07, 6.45) is 6.15. The molecule has 26 heavy (non-hydrogen) atoms. The van der Waals surface area contributed by atoms with E-state index in [0.717, 1.165) is 55.7 Å². The normalized spacial score (nSPS) is 20.7. The number of hydrogen-bond acceptors (Lipinski definition) is 2. The van der Waals surface area contributed by atoms with Crippen LogP contribution in [0.15, 0.2) is 42.5 Å². The molecule has 2 heterocycles.